The molecule has 1 aromatic carbocycles. The summed E-state index contributed by atoms with van der Waals surface area (Å²) in [6, 6.07) is 10.6. The van der Waals surface area contributed by atoms with E-state index < -0.39 is 5.79 Å². The smallest absolute Gasteiger partial charge is 0.198 e. The van der Waals surface area contributed by atoms with Gasteiger partial charge >= 0.3 is 0 Å². The molecule has 0 radical (unpaired) electrons. The lowest BCUT2D eigenvalue weighted by atomic mass is 9.79. The van der Waals surface area contributed by atoms with E-state index in [4.69, 9.17) is 14.2 Å². The zero-order chi connectivity index (χ0) is 21.1. The van der Waals surface area contributed by atoms with Crippen molar-refractivity contribution in [3.8, 4) is 0 Å². The lowest BCUT2D eigenvalue weighted by Crippen LogP contribution is -2.46. The van der Waals surface area contributed by atoms with Crippen molar-refractivity contribution in [3.05, 3.63) is 35.9 Å². The predicted molar refractivity (Wildman–Crippen MR) is 121 cm³/mol. The first-order valence-corrected chi connectivity index (χ1v) is 12.0. The Bertz CT molecular complexity index is 526. The summed E-state index contributed by atoms with van der Waals surface area (Å²) in [5, 5.41) is 0. The average molecular weight is 405 g/mol. The van der Waals surface area contributed by atoms with E-state index in [1.807, 2.05) is 0 Å². The molecule has 0 aromatic heterocycles. The number of hydrogen-bond acceptors (Lipinski definition) is 3. The van der Waals surface area contributed by atoms with Gasteiger partial charge in [-0.15, -0.1) is 0 Å². The second-order valence-corrected chi connectivity index (χ2v) is 9.26. The van der Waals surface area contributed by atoms with Gasteiger partial charge in [0.15, 0.2) is 5.79 Å². The summed E-state index contributed by atoms with van der Waals surface area (Å²) in [7, 11) is 0. The van der Waals surface area contributed by atoms with Gasteiger partial charge < -0.3 is 14.2 Å². The summed E-state index contributed by atoms with van der Waals surface area (Å²) >= 11 is 0. The van der Waals surface area contributed by atoms with Crippen LogP contribution >= 0.6 is 0 Å². The van der Waals surface area contributed by atoms with Crippen LogP contribution in [0.25, 0.3) is 0 Å². The summed E-state index contributed by atoms with van der Waals surface area (Å²) in [5.74, 6) is 0.257. The van der Waals surface area contributed by atoms with Gasteiger partial charge in [0.25, 0.3) is 0 Å². The molecular weight excluding hydrogens is 360 g/mol. The van der Waals surface area contributed by atoms with Gasteiger partial charge in [0, 0.05) is 17.4 Å². The highest BCUT2D eigenvalue weighted by Crippen LogP contribution is 2.44. The van der Waals surface area contributed by atoms with Crippen molar-refractivity contribution in [3.63, 3.8) is 0 Å². The largest absolute Gasteiger partial charge is 0.381 e. The SMILES string of the molecule is CCCCCCCCC(CC1COC1)C(OC(C)C)(OC(C)C)c1ccccc1. The fraction of sp³-hybridized carbons (Fsp3) is 0.769. The summed E-state index contributed by atoms with van der Waals surface area (Å²) in [6.45, 7) is 12.5. The third kappa shape index (κ3) is 7.70. The highest BCUT2D eigenvalue weighted by molar-refractivity contribution is 5.22. The molecule has 0 amide bonds. The quantitative estimate of drug-likeness (QED) is 0.231. The zero-order valence-corrected chi connectivity index (χ0v) is 19.5. The first-order valence-electron chi connectivity index (χ1n) is 12.0. The Morgan fingerprint density at radius 3 is 2.00 bits per heavy atom. The Morgan fingerprint density at radius 2 is 1.48 bits per heavy atom. The minimum absolute atomic E-state index is 0.0960. The van der Waals surface area contributed by atoms with Crippen LogP contribution in [0.2, 0.25) is 0 Å². The average Bonchev–Trinajstić information content (AvgIpc) is 2.64. The van der Waals surface area contributed by atoms with Crippen molar-refractivity contribution < 1.29 is 14.2 Å². The molecule has 0 bridgehead atoms. The first kappa shape index (κ1) is 24.4. The monoisotopic (exact) mass is 404 g/mol. The number of unbranched alkanes of at least 4 members (excludes halogenated alkanes) is 5. The van der Waals surface area contributed by atoms with Gasteiger partial charge in [0.05, 0.1) is 25.4 Å². The molecule has 3 nitrogen and oxygen atoms in total. The fourth-order valence-electron chi connectivity index (χ4n) is 4.42. The second-order valence-electron chi connectivity index (χ2n) is 9.26. The predicted octanol–water partition coefficient (Wildman–Crippen LogP) is 7.09. The molecule has 1 atom stereocenters. The van der Waals surface area contributed by atoms with Crippen molar-refractivity contribution in [1.29, 1.82) is 0 Å². The molecule has 1 fully saturated rings. The van der Waals surface area contributed by atoms with Crippen LogP contribution in [0.3, 0.4) is 0 Å². The zero-order valence-electron chi connectivity index (χ0n) is 19.5. The number of benzene rings is 1. The number of hydrogen-bond donors (Lipinski definition) is 0. The molecule has 1 heterocycles. The Balaban J connectivity index is 2.25. The maximum Gasteiger partial charge on any atom is 0.198 e. The first-order chi connectivity index (χ1) is 14.0. The van der Waals surface area contributed by atoms with Crippen molar-refractivity contribution in [2.45, 2.75) is 104 Å². The van der Waals surface area contributed by atoms with Gasteiger partial charge in [-0.2, -0.15) is 0 Å². The van der Waals surface area contributed by atoms with Gasteiger partial charge in [-0.3, -0.25) is 0 Å². The van der Waals surface area contributed by atoms with Gasteiger partial charge in [0.1, 0.15) is 0 Å². The summed E-state index contributed by atoms with van der Waals surface area (Å²) in [4.78, 5) is 0. The van der Waals surface area contributed by atoms with Gasteiger partial charge in [0.2, 0.25) is 0 Å². The minimum atomic E-state index is -0.692. The third-order valence-electron chi connectivity index (χ3n) is 5.77. The summed E-state index contributed by atoms with van der Waals surface area (Å²) in [5.41, 5.74) is 1.15. The molecule has 2 rings (SSSR count). The van der Waals surface area contributed by atoms with Crippen LogP contribution in [-0.2, 0) is 20.0 Å². The molecular formula is C26H44O3. The van der Waals surface area contributed by atoms with E-state index in [1.165, 1.54) is 38.5 Å². The molecule has 1 saturated heterocycles. The summed E-state index contributed by atoms with van der Waals surface area (Å²) < 4.78 is 18.9. The molecule has 166 valence electrons. The fourth-order valence-corrected chi connectivity index (χ4v) is 4.42. The molecule has 0 saturated carbocycles. The van der Waals surface area contributed by atoms with E-state index in [0.29, 0.717) is 11.8 Å². The molecule has 3 heteroatoms. The third-order valence-corrected chi connectivity index (χ3v) is 5.77. The van der Waals surface area contributed by atoms with Crippen LogP contribution in [0.15, 0.2) is 30.3 Å². The molecule has 1 aliphatic rings. The molecule has 0 spiro atoms. The summed E-state index contributed by atoms with van der Waals surface area (Å²) in [6.07, 6.45) is 10.3. The molecule has 1 unspecified atom stereocenters. The Hall–Kier alpha value is -0.900. The topological polar surface area (TPSA) is 27.7 Å². The van der Waals surface area contributed by atoms with E-state index in [0.717, 1.165) is 31.6 Å². The second kappa shape index (κ2) is 12.7. The van der Waals surface area contributed by atoms with Crippen LogP contribution in [0, 0.1) is 11.8 Å². The van der Waals surface area contributed by atoms with Gasteiger partial charge in [-0.05, 0) is 40.5 Å². The van der Waals surface area contributed by atoms with Crippen molar-refractivity contribution in [1.82, 2.24) is 0 Å². The molecule has 1 aliphatic heterocycles. The van der Waals surface area contributed by atoms with Crippen LogP contribution in [0.5, 0.6) is 0 Å². The van der Waals surface area contributed by atoms with Crippen molar-refractivity contribution >= 4 is 0 Å². The minimum Gasteiger partial charge on any atom is -0.381 e. The number of rotatable bonds is 15. The van der Waals surface area contributed by atoms with E-state index in [2.05, 4.69) is 65.0 Å². The maximum absolute atomic E-state index is 6.70. The van der Waals surface area contributed by atoms with Crippen LogP contribution in [-0.4, -0.2) is 25.4 Å². The Labute approximate surface area is 179 Å². The van der Waals surface area contributed by atoms with E-state index in [1.54, 1.807) is 0 Å². The standard InChI is InChI=1S/C26H44O3/c1-6-7-8-9-10-12-17-25(18-23-19-27-20-23)26(28-21(2)3,29-22(4)5)24-15-13-11-14-16-24/h11,13-16,21-23,25H,6-10,12,17-20H2,1-5H3. The van der Waals surface area contributed by atoms with Gasteiger partial charge in [-0.1, -0.05) is 75.8 Å². The van der Waals surface area contributed by atoms with E-state index >= 15 is 0 Å². The Morgan fingerprint density at radius 1 is 0.897 bits per heavy atom. The highest BCUT2D eigenvalue weighted by Gasteiger charge is 2.45. The van der Waals surface area contributed by atoms with Crippen LogP contribution in [0.1, 0.15) is 91.5 Å². The van der Waals surface area contributed by atoms with Crippen molar-refractivity contribution in [2.24, 2.45) is 11.8 Å². The maximum atomic E-state index is 6.70. The lowest BCUT2D eigenvalue weighted by molar-refractivity contribution is -0.312. The van der Waals surface area contributed by atoms with E-state index in [-0.39, 0.29) is 12.2 Å². The van der Waals surface area contributed by atoms with Gasteiger partial charge in [-0.25, -0.2) is 0 Å². The molecule has 0 N–H and O–H groups in total. The Kier molecular flexibility index (Phi) is 10.7. The highest BCUT2D eigenvalue weighted by atomic mass is 16.7. The number of ether oxygens (including phenoxy) is 3. The lowest BCUT2D eigenvalue weighted by Gasteiger charge is -2.45. The molecule has 29 heavy (non-hydrogen) atoms. The molecule has 0 aliphatic carbocycles. The van der Waals surface area contributed by atoms with Crippen molar-refractivity contribution in [2.75, 3.05) is 13.2 Å². The normalized spacial score (nSPS) is 16.4. The van der Waals surface area contributed by atoms with E-state index in [9.17, 15) is 0 Å². The van der Waals surface area contributed by atoms with Crippen LogP contribution < -0.4 is 0 Å². The van der Waals surface area contributed by atoms with Crippen LogP contribution in [0.4, 0.5) is 0 Å². The molecule has 1 aromatic rings.